The first-order valence-electron chi connectivity index (χ1n) is 34.5. The number of ether oxygens (including phenoxy) is 2. The molecule has 2 amide bonds. The lowest BCUT2D eigenvalue weighted by Gasteiger charge is -2.30. The van der Waals surface area contributed by atoms with Crippen LogP contribution in [0.1, 0.15) is 262 Å². The summed E-state index contributed by atoms with van der Waals surface area (Å²) in [6.45, 7) is 4.56. The highest BCUT2D eigenvalue weighted by Gasteiger charge is 2.32. The molecule has 21 nitrogen and oxygen atoms in total. The molecule has 1 aliphatic rings. The molecule has 0 bridgehead atoms. The number of hydrogen-bond acceptors (Lipinski definition) is 17. The van der Waals surface area contributed by atoms with E-state index in [0.717, 1.165) is 74.4 Å². The third-order valence-electron chi connectivity index (χ3n) is 16.7. The van der Waals surface area contributed by atoms with E-state index in [-0.39, 0.29) is 44.7 Å². The van der Waals surface area contributed by atoms with Crippen LogP contribution in [-0.2, 0) is 55.4 Å². The van der Waals surface area contributed by atoms with Crippen molar-refractivity contribution in [3.63, 3.8) is 0 Å². The molecule has 0 saturated heterocycles. The Balaban J connectivity index is 1.10. The van der Waals surface area contributed by atoms with Crippen LogP contribution in [0.5, 0.6) is 0 Å². The van der Waals surface area contributed by atoms with Crippen LogP contribution in [0.15, 0.2) is 42.5 Å². The van der Waals surface area contributed by atoms with Crippen LogP contribution in [0.2, 0.25) is 0 Å². The van der Waals surface area contributed by atoms with Gasteiger partial charge in [-0.25, -0.2) is 4.98 Å². The highest BCUT2D eigenvalue weighted by Crippen LogP contribution is 2.38. The van der Waals surface area contributed by atoms with Gasteiger partial charge in [-0.3, -0.25) is 33.5 Å². The van der Waals surface area contributed by atoms with E-state index in [0.29, 0.717) is 68.9 Å². The third-order valence-corrected chi connectivity index (χ3v) is 17.7. The molecule has 22 heteroatoms. The maximum absolute atomic E-state index is 12.9. The van der Waals surface area contributed by atoms with Gasteiger partial charge in [-0.1, -0.05) is 199 Å². The van der Waals surface area contributed by atoms with E-state index in [2.05, 4.69) is 39.8 Å². The molecular weight excluding hydrogens is 1170 g/mol. The number of H-pyrrole nitrogens is 1. The average Bonchev–Trinajstić information content (AvgIpc) is 2.69. The monoisotopic (exact) mass is 1280 g/mol. The molecule has 4 rings (SSSR count). The number of hydrogen-bond donors (Lipinski definition) is 8. The van der Waals surface area contributed by atoms with E-state index in [1.165, 1.54) is 116 Å². The molecule has 8 N–H and O–H groups in total. The number of carboxylic acids is 1. The molecule has 3 aromatic rings. The van der Waals surface area contributed by atoms with Gasteiger partial charge in [0.05, 0.1) is 49.9 Å². The lowest BCUT2D eigenvalue weighted by atomic mass is 10.0. The zero-order valence-electron chi connectivity index (χ0n) is 55.0. The number of imidazole rings is 1. The van der Waals surface area contributed by atoms with Crippen molar-refractivity contribution in [2.45, 2.75) is 283 Å². The summed E-state index contributed by atoms with van der Waals surface area (Å²) in [5, 5.41) is 51.7. The summed E-state index contributed by atoms with van der Waals surface area (Å²) >= 11 is 0. The van der Waals surface area contributed by atoms with Crippen molar-refractivity contribution in [1.82, 2.24) is 30.4 Å². The second kappa shape index (κ2) is 47.4. The Labute approximate surface area is 537 Å². The number of anilines is 1. The summed E-state index contributed by atoms with van der Waals surface area (Å²) in [5.41, 5.74) is 3.88. The van der Waals surface area contributed by atoms with E-state index < -0.39 is 69.8 Å². The van der Waals surface area contributed by atoms with Gasteiger partial charge < -0.3 is 64.8 Å². The highest BCUT2D eigenvalue weighted by molar-refractivity contribution is 7.45. The zero-order valence-corrected chi connectivity index (χ0v) is 55.9. The molecule has 512 valence electrons. The quantitative estimate of drug-likeness (QED) is 0.0113. The number of esters is 1. The van der Waals surface area contributed by atoms with Crippen LogP contribution < -0.4 is 20.8 Å². The van der Waals surface area contributed by atoms with Crippen LogP contribution in [0.3, 0.4) is 0 Å². The lowest BCUT2D eigenvalue weighted by Crippen LogP contribution is -2.46. The molecule has 0 spiro atoms. The minimum absolute atomic E-state index is 0.0817. The van der Waals surface area contributed by atoms with Gasteiger partial charge in [-0.15, -0.1) is 0 Å². The number of aromatic amines is 1. The first-order chi connectivity index (χ1) is 43.6. The van der Waals surface area contributed by atoms with Gasteiger partial charge in [0.25, 0.3) is 7.82 Å². The summed E-state index contributed by atoms with van der Waals surface area (Å²) in [6, 6.07) is 12.4. The van der Waals surface area contributed by atoms with E-state index in [1.54, 1.807) is 18.0 Å². The summed E-state index contributed by atoms with van der Waals surface area (Å²) in [4.78, 5) is 74.2. The van der Waals surface area contributed by atoms with Crippen LogP contribution in [0.25, 0.3) is 11.0 Å². The SMILES string of the molecule is CCCCCCCCCCCCCCCC(=O)O[C@H](CO[C@@H](O)CCCCCCCCCCCCCCC)COP(=O)([O-])OCCNC(=O)CCC(=O)NCCCCCCN1Cc2cc([C@H](O)N(C)Cc3nc4ccccc4[nH]3)ccc2N[C@@H](CC(=O)O)[C@@H]1O. The number of fused-ring (bicyclic) bond motifs is 2. The number of amides is 2. The molecule has 6 atom stereocenters. The Kier molecular flexibility index (Phi) is 41.0. The Bertz CT molecular complexity index is 2440. The normalized spacial score (nSPS) is 16.0. The number of nitrogens with one attached hydrogen (secondary N) is 4. The van der Waals surface area contributed by atoms with Crippen LogP contribution in [-0.4, -0.2) is 135 Å². The molecule has 1 aliphatic heterocycles. The number of phosphoric ester groups is 1. The Morgan fingerprint density at radius 2 is 1.27 bits per heavy atom. The van der Waals surface area contributed by atoms with Crippen LogP contribution in [0.4, 0.5) is 5.69 Å². The number of benzene rings is 2. The Morgan fingerprint density at radius 1 is 0.711 bits per heavy atom. The molecular formula is C68H115N7O14P-. The van der Waals surface area contributed by atoms with E-state index >= 15 is 0 Å². The second-order valence-electron chi connectivity index (χ2n) is 24.8. The average molecular weight is 1290 g/mol. The number of aromatic nitrogens is 2. The Morgan fingerprint density at radius 3 is 1.87 bits per heavy atom. The first kappa shape index (κ1) is 77.9. The van der Waals surface area contributed by atoms with Crippen molar-refractivity contribution >= 4 is 48.3 Å². The maximum atomic E-state index is 12.9. The number of aliphatic hydroxyl groups excluding tert-OH is 3. The van der Waals surface area contributed by atoms with Gasteiger partial charge in [-0.2, -0.15) is 0 Å². The molecule has 2 heterocycles. The largest absolute Gasteiger partial charge is 0.756 e. The fourth-order valence-electron chi connectivity index (χ4n) is 11.4. The highest BCUT2D eigenvalue weighted by atomic mass is 31.2. The third kappa shape index (κ3) is 34.9. The molecule has 0 radical (unpaired) electrons. The standard InChI is InChI=1S/C68H116N7O14P/c1-4-6-8-10-12-14-16-18-20-22-24-26-30-38-65(80)86-52-56(89-66(81)39-31-27-25-23-21-19-17-15-13-11-9-7-5-2)53-88-90(84,85)87-47-45-70-63(77)43-42-62(76)69-44-34-28-29-35-46-75-50-55-48-54(40-41-57(55)71-60(68(75)83)49-64(78)79)67(82)74(3)51-61-72-58-36-32-33-37-59(58)73-61/h32-33,36-37,40-41,48,56,60,65,67-68,71,80,82-83H,4-31,34-35,38-39,42-47,49-53H2,1-3H3,(H,69,76)(H,70,77)(H,72,73)(H,78,79)(H,84,85)/p-1/t56-,60+,65-,67+,68+/m1/s1. The van der Waals surface area contributed by atoms with Crippen LogP contribution >= 0.6 is 7.82 Å². The maximum Gasteiger partial charge on any atom is 0.306 e. The van der Waals surface area contributed by atoms with Gasteiger partial charge in [0.1, 0.15) is 24.4 Å². The number of rotatable bonds is 55. The summed E-state index contributed by atoms with van der Waals surface area (Å²) in [7, 11) is -3.12. The van der Waals surface area contributed by atoms with Crippen molar-refractivity contribution < 1.29 is 67.6 Å². The number of phosphoric acid groups is 1. The number of carbonyl (C=O) groups is 4. The topological polar surface area (TPSA) is 298 Å². The smallest absolute Gasteiger partial charge is 0.306 e. The molecule has 1 aromatic heterocycles. The van der Waals surface area contributed by atoms with Gasteiger partial charge >= 0.3 is 11.9 Å². The lowest BCUT2D eigenvalue weighted by molar-refractivity contribution is -0.229. The van der Waals surface area contributed by atoms with Crippen molar-refractivity contribution in [1.29, 1.82) is 0 Å². The van der Waals surface area contributed by atoms with E-state index in [9.17, 15) is 49.1 Å². The van der Waals surface area contributed by atoms with Gasteiger partial charge in [0, 0.05) is 51.1 Å². The number of aliphatic carboxylic acids is 1. The second-order valence-corrected chi connectivity index (χ2v) is 26.2. The predicted molar refractivity (Wildman–Crippen MR) is 351 cm³/mol. The van der Waals surface area contributed by atoms with Crippen molar-refractivity contribution in [2.75, 3.05) is 51.8 Å². The molecule has 0 fully saturated rings. The number of carboxylic acid groups (broad SMARTS) is 1. The van der Waals surface area contributed by atoms with Gasteiger partial charge in [0.15, 0.2) is 6.29 Å². The fraction of sp³-hybridized carbons (Fsp3) is 0.750. The van der Waals surface area contributed by atoms with Crippen molar-refractivity contribution in [2.24, 2.45) is 0 Å². The molecule has 0 aliphatic carbocycles. The van der Waals surface area contributed by atoms with E-state index in [4.69, 9.17) is 18.5 Å². The summed E-state index contributed by atoms with van der Waals surface area (Å²) in [5.74, 6) is -1.63. The number of nitrogens with zero attached hydrogens (tertiary/aromatic N) is 3. The van der Waals surface area contributed by atoms with Crippen molar-refractivity contribution in [3.05, 3.63) is 59.4 Å². The minimum atomic E-state index is -4.92. The fourth-order valence-corrected chi connectivity index (χ4v) is 12.1. The first-order valence-corrected chi connectivity index (χ1v) is 36.0. The Hall–Kier alpha value is -4.54. The van der Waals surface area contributed by atoms with Crippen LogP contribution in [0, 0.1) is 0 Å². The summed E-state index contributed by atoms with van der Waals surface area (Å²) in [6.07, 6.45) is 29.5. The molecule has 1 unspecified atom stereocenters. The number of unbranched alkanes of at least 4 members (excludes halogenated alkanes) is 27. The number of aliphatic hydroxyl groups is 3. The zero-order chi connectivity index (χ0) is 65.0. The molecule has 0 saturated carbocycles. The molecule has 2 aromatic carbocycles. The predicted octanol–water partition coefficient (Wildman–Crippen LogP) is 12.4. The molecule has 90 heavy (non-hydrogen) atoms. The van der Waals surface area contributed by atoms with Crippen molar-refractivity contribution in [3.8, 4) is 0 Å². The number of carbonyl (C=O) groups excluding carboxylic acids is 3. The van der Waals surface area contributed by atoms with Gasteiger partial charge in [-0.05, 0) is 74.5 Å². The number of para-hydroxylation sites is 2. The minimum Gasteiger partial charge on any atom is -0.756 e. The van der Waals surface area contributed by atoms with E-state index in [1.807, 2.05) is 41.3 Å². The van der Waals surface area contributed by atoms with Gasteiger partial charge in [0.2, 0.25) is 11.8 Å². The summed E-state index contributed by atoms with van der Waals surface area (Å²) < 4.78 is 34.1.